The number of carbonyl (C=O) groups is 1. The minimum absolute atomic E-state index is 0.276. The minimum atomic E-state index is -3.49. The SMILES string of the molecule is COc1ccc([C@@H](C)NC(=O)c2ccccc2N(C)S(C)(=O)=O)cc1OC. The lowest BCUT2D eigenvalue weighted by Crippen LogP contribution is -2.31. The van der Waals surface area contributed by atoms with Gasteiger partial charge in [0, 0.05) is 7.05 Å². The van der Waals surface area contributed by atoms with Crippen LogP contribution in [0.3, 0.4) is 0 Å². The summed E-state index contributed by atoms with van der Waals surface area (Å²) in [6, 6.07) is 11.6. The smallest absolute Gasteiger partial charge is 0.253 e. The van der Waals surface area contributed by atoms with Gasteiger partial charge in [0.05, 0.1) is 37.8 Å². The van der Waals surface area contributed by atoms with Crippen LogP contribution in [0.4, 0.5) is 5.69 Å². The molecule has 1 atom stereocenters. The zero-order chi connectivity index (χ0) is 20.2. The van der Waals surface area contributed by atoms with Crippen LogP contribution in [0.25, 0.3) is 0 Å². The highest BCUT2D eigenvalue weighted by molar-refractivity contribution is 7.92. The Bertz CT molecular complexity index is 927. The van der Waals surface area contributed by atoms with Crippen molar-refractivity contribution in [2.75, 3.05) is 31.8 Å². The first-order chi connectivity index (χ1) is 12.7. The molecule has 7 nitrogen and oxygen atoms in total. The monoisotopic (exact) mass is 392 g/mol. The molecule has 0 bridgehead atoms. The average Bonchev–Trinajstić information content (AvgIpc) is 2.65. The molecule has 0 unspecified atom stereocenters. The second-order valence-electron chi connectivity index (χ2n) is 6.06. The summed E-state index contributed by atoms with van der Waals surface area (Å²) >= 11 is 0. The van der Waals surface area contributed by atoms with Gasteiger partial charge in [0.15, 0.2) is 11.5 Å². The van der Waals surface area contributed by atoms with Crippen molar-refractivity contribution in [2.45, 2.75) is 13.0 Å². The summed E-state index contributed by atoms with van der Waals surface area (Å²) in [6.07, 6.45) is 1.09. The molecule has 2 aromatic carbocycles. The van der Waals surface area contributed by atoms with Crippen molar-refractivity contribution >= 4 is 21.6 Å². The highest BCUT2D eigenvalue weighted by Gasteiger charge is 2.21. The second kappa shape index (κ2) is 8.30. The third-order valence-corrected chi connectivity index (χ3v) is 5.43. The predicted molar refractivity (Wildman–Crippen MR) is 105 cm³/mol. The van der Waals surface area contributed by atoms with E-state index in [2.05, 4.69) is 5.32 Å². The molecular weight excluding hydrogens is 368 g/mol. The molecule has 2 aromatic rings. The number of methoxy groups -OCH3 is 2. The lowest BCUT2D eigenvalue weighted by molar-refractivity contribution is 0.0940. The quantitative estimate of drug-likeness (QED) is 0.783. The molecule has 27 heavy (non-hydrogen) atoms. The molecule has 1 N–H and O–H groups in total. The molecule has 0 heterocycles. The number of ether oxygens (including phenoxy) is 2. The van der Waals surface area contributed by atoms with E-state index in [-0.39, 0.29) is 17.5 Å². The number of nitrogens with one attached hydrogen (secondary N) is 1. The Morgan fingerprint density at radius 2 is 1.70 bits per heavy atom. The van der Waals surface area contributed by atoms with Crippen LogP contribution in [0.1, 0.15) is 28.9 Å². The van der Waals surface area contributed by atoms with Crippen LogP contribution < -0.4 is 19.1 Å². The molecule has 0 fully saturated rings. The van der Waals surface area contributed by atoms with E-state index in [1.165, 1.54) is 7.05 Å². The maximum absolute atomic E-state index is 12.8. The van der Waals surface area contributed by atoms with Crippen LogP contribution in [0, 0.1) is 0 Å². The van der Waals surface area contributed by atoms with E-state index < -0.39 is 10.0 Å². The van der Waals surface area contributed by atoms with Crippen LogP contribution >= 0.6 is 0 Å². The average molecular weight is 392 g/mol. The van der Waals surface area contributed by atoms with E-state index in [0.717, 1.165) is 16.1 Å². The van der Waals surface area contributed by atoms with Gasteiger partial charge in [0.2, 0.25) is 10.0 Å². The van der Waals surface area contributed by atoms with Crippen LogP contribution in [0.15, 0.2) is 42.5 Å². The number of para-hydroxylation sites is 1. The van der Waals surface area contributed by atoms with E-state index in [1.807, 2.05) is 13.0 Å². The zero-order valence-corrected chi connectivity index (χ0v) is 16.8. The molecule has 0 radical (unpaired) electrons. The minimum Gasteiger partial charge on any atom is -0.493 e. The Morgan fingerprint density at radius 3 is 2.30 bits per heavy atom. The fourth-order valence-electron chi connectivity index (χ4n) is 2.60. The number of amides is 1. The predicted octanol–water partition coefficient (Wildman–Crippen LogP) is 2.59. The Morgan fingerprint density at radius 1 is 1.07 bits per heavy atom. The first-order valence-electron chi connectivity index (χ1n) is 8.24. The maximum atomic E-state index is 12.8. The van der Waals surface area contributed by atoms with Crippen LogP contribution in [0.2, 0.25) is 0 Å². The number of benzene rings is 2. The number of nitrogens with zero attached hydrogens (tertiary/aromatic N) is 1. The molecule has 1 amide bonds. The fourth-order valence-corrected chi connectivity index (χ4v) is 3.12. The van der Waals surface area contributed by atoms with Crippen molar-refractivity contribution in [1.82, 2.24) is 5.32 Å². The third kappa shape index (κ3) is 4.71. The first kappa shape index (κ1) is 20.6. The van der Waals surface area contributed by atoms with Crippen LogP contribution in [-0.2, 0) is 10.0 Å². The van der Waals surface area contributed by atoms with Crippen molar-refractivity contribution in [2.24, 2.45) is 0 Å². The van der Waals surface area contributed by atoms with E-state index in [0.29, 0.717) is 17.2 Å². The number of hydrogen-bond donors (Lipinski definition) is 1. The lowest BCUT2D eigenvalue weighted by atomic mass is 10.1. The number of carbonyl (C=O) groups excluding carboxylic acids is 1. The second-order valence-corrected chi connectivity index (χ2v) is 8.07. The third-order valence-electron chi connectivity index (χ3n) is 4.24. The van der Waals surface area contributed by atoms with Crippen molar-refractivity contribution in [1.29, 1.82) is 0 Å². The van der Waals surface area contributed by atoms with E-state index in [4.69, 9.17) is 9.47 Å². The summed E-state index contributed by atoms with van der Waals surface area (Å²) in [6.45, 7) is 1.84. The Balaban J connectivity index is 2.28. The number of sulfonamides is 1. The first-order valence-corrected chi connectivity index (χ1v) is 10.1. The summed E-state index contributed by atoms with van der Waals surface area (Å²) in [4.78, 5) is 12.8. The van der Waals surface area contributed by atoms with E-state index in [1.54, 1.807) is 50.6 Å². The lowest BCUT2D eigenvalue weighted by Gasteiger charge is -2.21. The van der Waals surface area contributed by atoms with Gasteiger partial charge in [-0.15, -0.1) is 0 Å². The molecule has 0 aromatic heterocycles. The standard InChI is InChI=1S/C19H24N2O5S/c1-13(14-10-11-17(25-3)18(12-14)26-4)20-19(22)15-8-6-7-9-16(15)21(2)27(5,23)24/h6-13H,1-5H3,(H,20,22)/t13-/m1/s1. The maximum Gasteiger partial charge on any atom is 0.253 e. The summed E-state index contributed by atoms with van der Waals surface area (Å²) in [5, 5.41) is 2.89. The molecule has 0 saturated heterocycles. The molecular formula is C19H24N2O5S. The molecule has 0 saturated carbocycles. The Labute approximate surface area is 160 Å². The van der Waals surface area contributed by atoms with Crippen molar-refractivity contribution < 1.29 is 22.7 Å². The fraction of sp³-hybridized carbons (Fsp3) is 0.316. The van der Waals surface area contributed by atoms with Gasteiger partial charge in [0.1, 0.15) is 0 Å². The van der Waals surface area contributed by atoms with Gasteiger partial charge in [0.25, 0.3) is 5.91 Å². The van der Waals surface area contributed by atoms with Gasteiger partial charge >= 0.3 is 0 Å². The van der Waals surface area contributed by atoms with Gasteiger partial charge in [-0.1, -0.05) is 18.2 Å². The molecule has 2 rings (SSSR count). The van der Waals surface area contributed by atoms with Gasteiger partial charge < -0.3 is 14.8 Å². The molecule has 0 spiro atoms. The molecule has 0 aliphatic heterocycles. The zero-order valence-electron chi connectivity index (χ0n) is 16.0. The summed E-state index contributed by atoms with van der Waals surface area (Å²) in [7, 11) is 1.03. The van der Waals surface area contributed by atoms with Crippen LogP contribution in [-0.4, -0.2) is 41.8 Å². The highest BCUT2D eigenvalue weighted by Crippen LogP contribution is 2.30. The summed E-state index contributed by atoms with van der Waals surface area (Å²) < 4.78 is 35.3. The number of anilines is 1. The largest absolute Gasteiger partial charge is 0.493 e. The van der Waals surface area contributed by atoms with Crippen molar-refractivity contribution in [3.63, 3.8) is 0 Å². The van der Waals surface area contributed by atoms with Crippen molar-refractivity contribution in [3.8, 4) is 11.5 Å². The van der Waals surface area contributed by atoms with Gasteiger partial charge in [-0.05, 0) is 36.8 Å². The van der Waals surface area contributed by atoms with Gasteiger partial charge in [-0.3, -0.25) is 9.10 Å². The van der Waals surface area contributed by atoms with E-state index >= 15 is 0 Å². The normalized spacial score (nSPS) is 12.2. The Hall–Kier alpha value is -2.74. The molecule has 8 heteroatoms. The summed E-state index contributed by atoms with van der Waals surface area (Å²) in [5.74, 6) is 0.789. The number of hydrogen-bond acceptors (Lipinski definition) is 5. The molecule has 0 aliphatic carbocycles. The molecule has 146 valence electrons. The van der Waals surface area contributed by atoms with Crippen molar-refractivity contribution in [3.05, 3.63) is 53.6 Å². The van der Waals surface area contributed by atoms with Crippen LogP contribution in [0.5, 0.6) is 11.5 Å². The highest BCUT2D eigenvalue weighted by atomic mass is 32.2. The Kier molecular flexibility index (Phi) is 6.32. The summed E-state index contributed by atoms with van der Waals surface area (Å²) in [5.41, 5.74) is 1.42. The topological polar surface area (TPSA) is 84.9 Å². The van der Waals surface area contributed by atoms with E-state index in [9.17, 15) is 13.2 Å². The number of rotatable bonds is 7. The molecule has 0 aliphatic rings. The van der Waals surface area contributed by atoms with Gasteiger partial charge in [-0.2, -0.15) is 0 Å². The van der Waals surface area contributed by atoms with Gasteiger partial charge in [-0.25, -0.2) is 8.42 Å².